The van der Waals surface area contributed by atoms with Crippen LogP contribution in [0.2, 0.25) is 0 Å². The van der Waals surface area contributed by atoms with Gasteiger partial charge in [-0.3, -0.25) is 4.79 Å². The number of thiophene rings is 1. The number of halogens is 1. The van der Waals surface area contributed by atoms with Gasteiger partial charge in [0.2, 0.25) is 11.5 Å². The SMILES string of the molecule is Nc1nonc1C(=O)NCCNCc1cc(Br)ccc1OCc1cccs1. The predicted octanol–water partition coefficient (Wildman–Crippen LogP) is 2.57. The third-order valence-corrected chi connectivity index (χ3v) is 4.95. The van der Waals surface area contributed by atoms with E-state index in [1.54, 1.807) is 11.3 Å². The van der Waals surface area contributed by atoms with Crippen molar-refractivity contribution < 1.29 is 14.2 Å². The van der Waals surface area contributed by atoms with Gasteiger partial charge in [-0.05, 0) is 40.0 Å². The summed E-state index contributed by atoms with van der Waals surface area (Å²) in [7, 11) is 0. The Morgan fingerprint density at radius 3 is 2.93 bits per heavy atom. The van der Waals surface area contributed by atoms with Crippen LogP contribution in [0.4, 0.5) is 5.82 Å². The number of benzene rings is 1. The van der Waals surface area contributed by atoms with Crippen LogP contribution in [-0.2, 0) is 13.2 Å². The highest BCUT2D eigenvalue weighted by Gasteiger charge is 2.15. The maximum Gasteiger partial charge on any atom is 0.277 e. The molecule has 1 aromatic carbocycles. The lowest BCUT2D eigenvalue weighted by atomic mass is 10.2. The lowest BCUT2D eigenvalue weighted by Crippen LogP contribution is -2.32. The molecule has 0 unspecified atom stereocenters. The molecule has 0 atom stereocenters. The molecule has 8 nitrogen and oxygen atoms in total. The van der Waals surface area contributed by atoms with Crippen molar-refractivity contribution in [2.75, 3.05) is 18.8 Å². The van der Waals surface area contributed by atoms with E-state index in [2.05, 4.69) is 41.5 Å². The molecule has 0 saturated heterocycles. The topological polar surface area (TPSA) is 115 Å². The molecule has 4 N–H and O–H groups in total. The van der Waals surface area contributed by atoms with E-state index in [0.29, 0.717) is 26.2 Å². The molecule has 0 aliphatic heterocycles. The van der Waals surface area contributed by atoms with E-state index in [0.717, 1.165) is 15.8 Å². The highest BCUT2D eigenvalue weighted by molar-refractivity contribution is 9.10. The molecule has 142 valence electrons. The van der Waals surface area contributed by atoms with E-state index in [1.165, 1.54) is 4.88 Å². The van der Waals surface area contributed by atoms with Crippen LogP contribution >= 0.6 is 27.3 Å². The summed E-state index contributed by atoms with van der Waals surface area (Å²) in [5, 5.41) is 14.8. The Balaban J connectivity index is 1.46. The average Bonchev–Trinajstić information content (AvgIpc) is 3.32. The number of anilines is 1. The summed E-state index contributed by atoms with van der Waals surface area (Å²) in [5.74, 6) is 0.379. The molecular weight excluding hydrogens is 434 g/mol. The number of ether oxygens (including phenoxy) is 1. The molecule has 27 heavy (non-hydrogen) atoms. The lowest BCUT2D eigenvalue weighted by Gasteiger charge is -2.12. The number of nitrogen functional groups attached to an aromatic ring is 1. The first-order valence-electron chi connectivity index (χ1n) is 8.14. The quantitative estimate of drug-likeness (QED) is 0.428. The van der Waals surface area contributed by atoms with E-state index in [9.17, 15) is 4.79 Å². The molecule has 3 aromatic rings. The highest BCUT2D eigenvalue weighted by atomic mass is 79.9. The number of nitrogens with two attached hydrogens (primary N) is 1. The zero-order chi connectivity index (χ0) is 19.1. The largest absolute Gasteiger partial charge is 0.488 e. The van der Waals surface area contributed by atoms with E-state index < -0.39 is 5.91 Å². The van der Waals surface area contributed by atoms with E-state index >= 15 is 0 Å². The Kier molecular flexibility index (Phi) is 6.80. The Labute approximate surface area is 168 Å². The molecule has 3 rings (SSSR count). The Morgan fingerprint density at radius 2 is 2.19 bits per heavy atom. The number of carbonyl (C=O) groups is 1. The van der Waals surface area contributed by atoms with Crippen LogP contribution < -0.4 is 21.1 Å². The monoisotopic (exact) mass is 451 g/mol. The number of nitrogens with one attached hydrogen (secondary N) is 2. The summed E-state index contributed by atoms with van der Waals surface area (Å²) in [6.45, 7) is 2.11. The van der Waals surface area contributed by atoms with Crippen LogP contribution in [0.25, 0.3) is 0 Å². The van der Waals surface area contributed by atoms with Crippen molar-refractivity contribution in [3.63, 3.8) is 0 Å². The maximum atomic E-state index is 11.8. The van der Waals surface area contributed by atoms with E-state index in [-0.39, 0.29) is 11.5 Å². The molecule has 0 bridgehead atoms. The van der Waals surface area contributed by atoms with Gasteiger partial charge in [-0.1, -0.05) is 22.0 Å². The fourth-order valence-corrected chi connectivity index (χ4v) is 3.32. The molecule has 0 saturated carbocycles. The van der Waals surface area contributed by atoms with Gasteiger partial charge >= 0.3 is 0 Å². The number of amides is 1. The summed E-state index contributed by atoms with van der Waals surface area (Å²) in [4.78, 5) is 13.0. The maximum absolute atomic E-state index is 11.8. The van der Waals surface area contributed by atoms with Gasteiger partial charge in [0.15, 0.2) is 0 Å². The zero-order valence-corrected chi connectivity index (χ0v) is 16.7. The third kappa shape index (κ3) is 5.52. The number of aromatic nitrogens is 2. The molecule has 0 spiro atoms. The van der Waals surface area contributed by atoms with Crippen molar-refractivity contribution in [3.8, 4) is 5.75 Å². The summed E-state index contributed by atoms with van der Waals surface area (Å²) >= 11 is 5.15. The summed E-state index contributed by atoms with van der Waals surface area (Å²) in [6.07, 6.45) is 0. The average molecular weight is 452 g/mol. The van der Waals surface area contributed by atoms with Gasteiger partial charge in [-0.2, -0.15) is 0 Å². The molecule has 0 fully saturated rings. The summed E-state index contributed by atoms with van der Waals surface area (Å²) in [5.41, 5.74) is 6.50. The number of hydrogen-bond acceptors (Lipinski definition) is 8. The van der Waals surface area contributed by atoms with Gasteiger partial charge in [0.05, 0.1) is 0 Å². The van der Waals surface area contributed by atoms with Crippen molar-refractivity contribution in [1.82, 2.24) is 20.9 Å². The number of nitrogens with zero attached hydrogens (tertiary/aromatic N) is 2. The minimum absolute atomic E-state index is 0.00810. The summed E-state index contributed by atoms with van der Waals surface area (Å²) < 4.78 is 11.3. The van der Waals surface area contributed by atoms with Gasteiger partial charge in [0.1, 0.15) is 12.4 Å². The van der Waals surface area contributed by atoms with Crippen LogP contribution in [0.15, 0.2) is 44.8 Å². The fraction of sp³-hybridized carbons (Fsp3) is 0.235. The van der Waals surface area contributed by atoms with Crippen molar-refractivity contribution in [2.45, 2.75) is 13.2 Å². The fourth-order valence-electron chi connectivity index (χ4n) is 2.29. The van der Waals surface area contributed by atoms with Gasteiger partial charge in [0.25, 0.3) is 5.91 Å². The van der Waals surface area contributed by atoms with Crippen molar-refractivity contribution in [2.24, 2.45) is 0 Å². The first-order chi connectivity index (χ1) is 13.1. The first-order valence-corrected chi connectivity index (χ1v) is 9.81. The number of rotatable bonds is 9. The van der Waals surface area contributed by atoms with Crippen molar-refractivity contribution in [3.05, 3.63) is 56.3 Å². The second kappa shape index (κ2) is 9.49. The van der Waals surface area contributed by atoms with Crippen LogP contribution in [0, 0.1) is 0 Å². The molecule has 2 heterocycles. The van der Waals surface area contributed by atoms with Crippen molar-refractivity contribution in [1.29, 1.82) is 0 Å². The van der Waals surface area contributed by atoms with Crippen molar-refractivity contribution >= 4 is 39.0 Å². The second-order valence-corrected chi connectivity index (χ2v) is 7.50. The molecule has 2 aromatic heterocycles. The van der Waals surface area contributed by atoms with Crippen LogP contribution in [0.5, 0.6) is 5.75 Å². The number of carbonyl (C=O) groups excluding carboxylic acids is 1. The molecule has 10 heteroatoms. The summed E-state index contributed by atoms with van der Waals surface area (Å²) in [6, 6.07) is 9.95. The van der Waals surface area contributed by atoms with Gasteiger partial charge in [-0.25, -0.2) is 4.63 Å². The Bertz CT molecular complexity index is 885. The standard InChI is InChI=1S/C17H18BrN5O3S/c18-12-3-4-14(25-10-13-2-1-7-27-13)11(8-12)9-20-5-6-21-17(24)15-16(19)23-26-22-15/h1-4,7-8,20H,5-6,9-10H2,(H2,19,23)(H,21,24). The van der Waals surface area contributed by atoms with Gasteiger partial charge in [-0.15, -0.1) is 11.3 Å². The van der Waals surface area contributed by atoms with E-state index in [4.69, 9.17) is 10.5 Å². The van der Waals surface area contributed by atoms with Gasteiger partial charge < -0.3 is 21.1 Å². The number of hydrogen-bond donors (Lipinski definition) is 3. The zero-order valence-electron chi connectivity index (χ0n) is 14.3. The highest BCUT2D eigenvalue weighted by Crippen LogP contribution is 2.24. The van der Waals surface area contributed by atoms with E-state index in [1.807, 2.05) is 35.7 Å². The lowest BCUT2D eigenvalue weighted by molar-refractivity contribution is 0.0944. The Hall–Kier alpha value is -2.43. The minimum Gasteiger partial charge on any atom is -0.488 e. The predicted molar refractivity (Wildman–Crippen MR) is 106 cm³/mol. The molecule has 0 aliphatic rings. The second-order valence-electron chi connectivity index (χ2n) is 5.55. The van der Waals surface area contributed by atoms with Crippen LogP contribution in [0.3, 0.4) is 0 Å². The van der Waals surface area contributed by atoms with Gasteiger partial charge in [0, 0.05) is 34.5 Å². The molecule has 0 aliphatic carbocycles. The third-order valence-electron chi connectivity index (χ3n) is 3.60. The first kappa shape index (κ1) is 19.3. The molecular formula is C17H18BrN5O3S. The normalized spacial score (nSPS) is 10.7. The molecule has 1 amide bonds. The minimum atomic E-state index is -0.419. The Morgan fingerprint density at radius 1 is 1.30 bits per heavy atom. The van der Waals surface area contributed by atoms with Crippen LogP contribution in [0.1, 0.15) is 20.9 Å². The molecule has 0 radical (unpaired) electrons. The smallest absolute Gasteiger partial charge is 0.277 e. The van der Waals surface area contributed by atoms with Crippen LogP contribution in [-0.4, -0.2) is 29.3 Å².